The largest absolute Gasteiger partial charge is 0.391 e. The smallest absolute Gasteiger partial charge is 0.0503 e. The molecule has 1 heterocycles. The number of hydrogen-bond acceptors (Lipinski definition) is 3. The van der Waals surface area contributed by atoms with Gasteiger partial charge in [0.2, 0.25) is 0 Å². The molecule has 0 aliphatic carbocycles. The molecule has 1 aliphatic heterocycles. The summed E-state index contributed by atoms with van der Waals surface area (Å²) in [5.74, 6) is 0.383. The van der Waals surface area contributed by atoms with Gasteiger partial charge in [0.25, 0.3) is 0 Å². The predicted molar refractivity (Wildman–Crippen MR) is 89.7 cm³/mol. The SMILES string of the molecule is CCN/C=C(\C(=N)CN1CCc2ccccc2C1)C(C)C. The molecule has 0 aromatic heterocycles. The normalized spacial score (nSPS) is 15.9. The van der Waals surface area contributed by atoms with Gasteiger partial charge in [0.05, 0.1) is 5.71 Å². The average Bonchev–Trinajstić information content (AvgIpc) is 2.47. The maximum atomic E-state index is 8.43. The summed E-state index contributed by atoms with van der Waals surface area (Å²) in [4.78, 5) is 2.38. The van der Waals surface area contributed by atoms with Crippen LogP contribution >= 0.6 is 0 Å². The van der Waals surface area contributed by atoms with Crippen molar-refractivity contribution in [2.45, 2.75) is 33.7 Å². The molecule has 2 N–H and O–H groups in total. The molecule has 2 rings (SSSR count). The monoisotopic (exact) mass is 285 g/mol. The van der Waals surface area contributed by atoms with Crippen molar-refractivity contribution in [3.63, 3.8) is 0 Å². The molecule has 0 unspecified atom stereocenters. The second-order valence-corrected chi connectivity index (χ2v) is 6.02. The lowest BCUT2D eigenvalue weighted by Gasteiger charge is -2.29. The zero-order valence-corrected chi connectivity index (χ0v) is 13.4. The van der Waals surface area contributed by atoms with Crippen LogP contribution in [0.25, 0.3) is 0 Å². The minimum absolute atomic E-state index is 0.383. The summed E-state index contributed by atoms with van der Waals surface area (Å²) in [6.07, 6.45) is 3.11. The molecule has 0 bridgehead atoms. The Balaban J connectivity index is 2.00. The molecule has 0 amide bonds. The van der Waals surface area contributed by atoms with Gasteiger partial charge in [-0.05, 0) is 36.0 Å². The Kier molecular flexibility index (Phi) is 5.57. The molecule has 3 nitrogen and oxygen atoms in total. The van der Waals surface area contributed by atoms with Gasteiger partial charge in [-0.3, -0.25) is 4.90 Å². The first-order valence-electron chi connectivity index (χ1n) is 7.92. The molecule has 0 fully saturated rings. The molecule has 1 aromatic rings. The number of nitrogens with zero attached hydrogens (tertiary/aromatic N) is 1. The lowest BCUT2D eigenvalue weighted by atomic mass is 9.96. The summed E-state index contributed by atoms with van der Waals surface area (Å²) < 4.78 is 0. The minimum atomic E-state index is 0.383. The summed E-state index contributed by atoms with van der Waals surface area (Å²) in [6, 6.07) is 8.66. The average molecular weight is 285 g/mol. The van der Waals surface area contributed by atoms with E-state index < -0.39 is 0 Å². The van der Waals surface area contributed by atoms with Crippen LogP contribution in [0.3, 0.4) is 0 Å². The highest BCUT2D eigenvalue weighted by Gasteiger charge is 2.19. The number of hydrogen-bond donors (Lipinski definition) is 2. The fourth-order valence-corrected chi connectivity index (χ4v) is 2.82. The van der Waals surface area contributed by atoms with Gasteiger partial charge in [-0.25, -0.2) is 0 Å². The van der Waals surface area contributed by atoms with Crippen molar-refractivity contribution in [2.75, 3.05) is 19.6 Å². The van der Waals surface area contributed by atoms with E-state index in [1.807, 2.05) is 6.20 Å². The summed E-state index contributed by atoms with van der Waals surface area (Å²) >= 11 is 0. The number of fused-ring (bicyclic) bond motifs is 1. The molecule has 1 aromatic carbocycles. The Morgan fingerprint density at radius 3 is 2.71 bits per heavy atom. The van der Waals surface area contributed by atoms with Crippen molar-refractivity contribution < 1.29 is 0 Å². The van der Waals surface area contributed by atoms with Gasteiger partial charge in [0.1, 0.15) is 0 Å². The lowest BCUT2D eigenvalue weighted by Crippen LogP contribution is -2.35. The van der Waals surface area contributed by atoms with E-state index in [2.05, 4.69) is 55.3 Å². The van der Waals surface area contributed by atoms with E-state index in [4.69, 9.17) is 5.41 Å². The third kappa shape index (κ3) is 4.18. The van der Waals surface area contributed by atoms with Gasteiger partial charge in [-0.1, -0.05) is 38.1 Å². The molecule has 0 saturated heterocycles. The summed E-state index contributed by atoms with van der Waals surface area (Å²) in [5, 5.41) is 11.7. The second-order valence-electron chi connectivity index (χ2n) is 6.02. The zero-order valence-electron chi connectivity index (χ0n) is 13.4. The first-order valence-corrected chi connectivity index (χ1v) is 7.92. The standard InChI is InChI=1S/C18H27N3/c1-4-20-11-17(14(2)3)18(19)13-21-10-9-15-7-5-6-8-16(15)12-21/h5-8,11,14,19-20H,4,9-10,12-13H2,1-3H3/b17-11-,19-18?. The Labute approximate surface area is 128 Å². The van der Waals surface area contributed by atoms with Crippen molar-refractivity contribution in [1.29, 1.82) is 5.41 Å². The summed E-state index contributed by atoms with van der Waals surface area (Å²) in [5.41, 5.74) is 4.74. The third-order valence-corrected chi connectivity index (χ3v) is 4.02. The molecule has 0 radical (unpaired) electrons. The third-order valence-electron chi connectivity index (χ3n) is 4.02. The van der Waals surface area contributed by atoms with E-state index in [0.717, 1.165) is 43.9 Å². The summed E-state index contributed by atoms with van der Waals surface area (Å²) in [6.45, 7) is 10.0. The van der Waals surface area contributed by atoms with Crippen LogP contribution in [0.4, 0.5) is 0 Å². The highest BCUT2D eigenvalue weighted by Crippen LogP contribution is 2.19. The van der Waals surface area contributed by atoms with Crippen molar-refractivity contribution in [3.8, 4) is 0 Å². The van der Waals surface area contributed by atoms with E-state index in [1.165, 1.54) is 11.1 Å². The molecule has 1 aliphatic rings. The maximum Gasteiger partial charge on any atom is 0.0503 e. The van der Waals surface area contributed by atoms with Gasteiger partial charge in [-0.15, -0.1) is 0 Å². The molecule has 21 heavy (non-hydrogen) atoms. The molecule has 0 atom stereocenters. The topological polar surface area (TPSA) is 39.1 Å². The molecule has 0 spiro atoms. The quantitative estimate of drug-likeness (QED) is 0.788. The van der Waals surface area contributed by atoms with Crippen LogP contribution in [0.1, 0.15) is 31.9 Å². The lowest BCUT2D eigenvalue weighted by molar-refractivity contribution is 0.289. The minimum Gasteiger partial charge on any atom is -0.391 e. The van der Waals surface area contributed by atoms with Crippen LogP contribution in [0.2, 0.25) is 0 Å². The van der Waals surface area contributed by atoms with Crippen LogP contribution in [-0.2, 0) is 13.0 Å². The second kappa shape index (κ2) is 7.41. The van der Waals surface area contributed by atoms with Crippen molar-refractivity contribution >= 4 is 5.71 Å². The fraction of sp³-hybridized carbons (Fsp3) is 0.500. The van der Waals surface area contributed by atoms with Crippen molar-refractivity contribution in [3.05, 3.63) is 47.2 Å². The van der Waals surface area contributed by atoms with Gasteiger partial charge < -0.3 is 10.7 Å². The van der Waals surface area contributed by atoms with E-state index in [9.17, 15) is 0 Å². The Hall–Kier alpha value is -1.61. The Bertz CT molecular complexity index is 517. The van der Waals surface area contributed by atoms with Crippen LogP contribution in [0.15, 0.2) is 36.0 Å². The number of nitrogens with one attached hydrogen (secondary N) is 2. The number of benzene rings is 1. The van der Waals surface area contributed by atoms with Crippen LogP contribution < -0.4 is 5.32 Å². The van der Waals surface area contributed by atoms with E-state index in [0.29, 0.717) is 5.92 Å². The van der Waals surface area contributed by atoms with E-state index in [1.54, 1.807) is 0 Å². The molecule has 114 valence electrons. The van der Waals surface area contributed by atoms with Gasteiger partial charge in [-0.2, -0.15) is 0 Å². The van der Waals surface area contributed by atoms with Crippen molar-refractivity contribution in [2.24, 2.45) is 5.92 Å². The predicted octanol–water partition coefficient (Wildman–Crippen LogP) is 3.21. The number of rotatable bonds is 6. The van der Waals surface area contributed by atoms with E-state index >= 15 is 0 Å². The van der Waals surface area contributed by atoms with Crippen molar-refractivity contribution in [1.82, 2.24) is 10.2 Å². The summed E-state index contributed by atoms with van der Waals surface area (Å²) in [7, 11) is 0. The Morgan fingerprint density at radius 1 is 1.33 bits per heavy atom. The fourth-order valence-electron chi connectivity index (χ4n) is 2.82. The molecular weight excluding hydrogens is 258 g/mol. The highest BCUT2D eigenvalue weighted by molar-refractivity contribution is 5.99. The van der Waals surface area contributed by atoms with Crippen LogP contribution in [0, 0.1) is 11.3 Å². The first kappa shape index (κ1) is 15.8. The van der Waals surface area contributed by atoms with Gasteiger partial charge in [0.15, 0.2) is 0 Å². The first-order chi connectivity index (χ1) is 10.1. The Morgan fingerprint density at radius 2 is 2.05 bits per heavy atom. The highest BCUT2D eigenvalue weighted by atomic mass is 15.1. The molecule has 0 saturated carbocycles. The van der Waals surface area contributed by atoms with Gasteiger partial charge in [0, 0.05) is 32.4 Å². The van der Waals surface area contributed by atoms with Crippen LogP contribution in [-0.4, -0.2) is 30.2 Å². The van der Waals surface area contributed by atoms with E-state index in [-0.39, 0.29) is 0 Å². The zero-order chi connectivity index (χ0) is 15.2. The maximum absolute atomic E-state index is 8.43. The molecule has 3 heteroatoms. The molecular formula is C18H27N3. The van der Waals surface area contributed by atoms with Crippen LogP contribution in [0.5, 0.6) is 0 Å². The van der Waals surface area contributed by atoms with Gasteiger partial charge >= 0.3 is 0 Å².